The largest absolute Gasteiger partial charge is 0.421 e. The van der Waals surface area contributed by atoms with Crippen LogP contribution in [0.2, 0.25) is 0 Å². The van der Waals surface area contributed by atoms with E-state index in [1.165, 1.54) is 0 Å². The van der Waals surface area contributed by atoms with Gasteiger partial charge in [-0.15, -0.1) is 0 Å². The van der Waals surface area contributed by atoms with Crippen LogP contribution in [0, 0.1) is 0 Å². The Balaban J connectivity index is 1.45. The van der Waals surface area contributed by atoms with Gasteiger partial charge >= 0.3 is 6.18 Å². The van der Waals surface area contributed by atoms with Gasteiger partial charge in [-0.1, -0.05) is 30.3 Å². The van der Waals surface area contributed by atoms with E-state index in [-0.39, 0.29) is 17.8 Å². The number of anilines is 2. The molecule has 0 spiro atoms. The number of hydrogen-bond donors (Lipinski definition) is 2. The Morgan fingerprint density at radius 2 is 1.83 bits per heavy atom. The van der Waals surface area contributed by atoms with Crippen molar-refractivity contribution in [3.8, 4) is 11.3 Å². The predicted molar refractivity (Wildman–Crippen MR) is 102 cm³/mol. The predicted octanol–water partition coefficient (Wildman–Crippen LogP) is 3.98. The first kappa shape index (κ1) is 19.1. The van der Waals surface area contributed by atoms with Crippen molar-refractivity contribution < 1.29 is 17.9 Å². The first-order valence-corrected chi connectivity index (χ1v) is 9.02. The summed E-state index contributed by atoms with van der Waals surface area (Å²) < 4.78 is 44.6. The Morgan fingerprint density at radius 1 is 1.03 bits per heavy atom. The van der Waals surface area contributed by atoms with Gasteiger partial charge in [0.15, 0.2) is 0 Å². The second kappa shape index (κ2) is 8.04. The minimum absolute atomic E-state index is 0.120. The van der Waals surface area contributed by atoms with Crippen molar-refractivity contribution in [3.05, 3.63) is 66.0 Å². The Labute approximate surface area is 165 Å². The van der Waals surface area contributed by atoms with Crippen LogP contribution in [-0.4, -0.2) is 34.2 Å². The van der Waals surface area contributed by atoms with Gasteiger partial charge in [0, 0.05) is 24.5 Å². The third kappa shape index (κ3) is 4.62. The molecule has 1 saturated heterocycles. The molecule has 0 bridgehead atoms. The maximum atomic E-state index is 13.2. The molecule has 1 aromatic carbocycles. The highest BCUT2D eigenvalue weighted by Crippen LogP contribution is 2.34. The lowest BCUT2D eigenvalue weighted by Gasteiger charge is -2.28. The van der Waals surface area contributed by atoms with Crippen molar-refractivity contribution in [2.45, 2.75) is 18.8 Å². The fourth-order valence-electron chi connectivity index (χ4n) is 2.80. The molecule has 1 aliphatic heterocycles. The van der Waals surface area contributed by atoms with Gasteiger partial charge in [-0.25, -0.2) is 4.98 Å². The van der Waals surface area contributed by atoms with Crippen LogP contribution < -0.4 is 10.6 Å². The smallest absolute Gasteiger partial charge is 0.377 e. The molecule has 0 aliphatic carbocycles. The maximum Gasteiger partial charge on any atom is 0.421 e. The van der Waals surface area contributed by atoms with E-state index in [2.05, 4.69) is 25.6 Å². The molecule has 29 heavy (non-hydrogen) atoms. The Kier molecular flexibility index (Phi) is 5.30. The van der Waals surface area contributed by atoms with Crippen LogP contribution in [0.25, 0.3) is 11.3 Å². The third-order valence-electron chi connectivity index (χ3n) is 4.44. The molecule has 0 saturated carbocycles. The van der Waals surface area contributed by atoms with Crippen molar-refractivity contribution >= 4 is 11.8 Å². The van der Waals surface area contributed by atoms with Gasteiger partial charge < -0.3 is 15.4 Å². The Hall–Kier alpha value is -3.20. The van der Waals surface area contributed by atoms with Gasteiger partial charge in [-0.05, 0) is 17.7 Å². The SMILES string of the molecule is FC(F)(F)c1cnc(NCc2ccc(-c3ccccn3)cc2)nc1NC1COC1. The van der Waals surface area contributed by atoms with Crippen LogP contribution in [0.5, 0.6) is 0 Å². The highest BCUT2D eigenvalue weighted by atomic mass is 19.4. The van der Waals surface area contributed by atoms with Crippen LogP contribution in [-0.2, 0) is 17.5 Å². The number of ether oxygens (including phenoxy) is 1. The quantitative estimate of drug-likeness (QED) is 0.651. The lowest BCUT2D eigenvalue weighted by Crippen LogP contribution is -2.41. The Morgan fingerprint density at radius 3 is 2.45 bits per heavy atom. The lowest BCUT2D eigenvalue weighted by atomic mass is 10.1. The minimum atomic E-state index is -4.53. The molecule has 0 unspecified atom stereocenters. The van der Waals surface area contributed by atoms with Crippen molar-refractivity contribution in [2.24, 2.45) is 0 Å². The second-order valence-corrected chi connectivity index (χ2v) is 6.60. The Bertz CT molecular complexity index is 960. The van der Waals surface area contributed by atoms with E-state index >= 15 is 0 Å². The van der Waals surface area contributed by atoms with Gasteiger partial charge in [0.1, 0.15) is 11.4 Å². The van der Waals surface area contributed by atoms with Crippen molar-refractivity contribution in [1.82, 2.24) is 15.0 Å². The number of benzene rings is 1. The number of alkyl halides is 3. The average Bonchev–Trinajstić information content (AvgIpc) is 2.69. The molecular weight excluding hydrogens is 383 g/mol. The number of halogens is 3. The van der Waals surface area contributed by atoms with E-state index < -0.39 is 11.7 Å². The molecule has 1 aliphatic rings. The summed E-state index contributed by atoms with van der Waals surface area (Å²) in [4.78, 5) is 12.1. The normalized spacial score (nSPS) is 14.3. The zero-order chi connectivity index (χ0) is 20.3. The first-order chi connectivity index (χ1) is 14.0. The molecule has 6 nitrogen and oxygen atoms in total. The fraction of sp³-hybridized carbons (Fsp3) is 0.250. The summed E-state index contributed by atoms with van der Waals surface area (Å²) in [6, 6.07) is 13.2. The van der Waals surface area contributed by atoms with E-state index in [1.807, 2.05) is 42.5 Å². The van der Waals surface area contributed by atoms with Crippen LogP contribution >= 0.6 is 0 Å². The number of hydrogen-bond acceptors (Lipinski definition) is 6. The van der Waals surface area contributed by atoms with Crippen molar-refractivity contribution in [1.29, 1.82) is 0 Å². The molecule has 3 aromatic rings. The average molecular weight is 401 g/mol. The highest BCUT2D eigenvalue weighted by Gasteiger charge is 2.36. The zero-order valence-electron chi connectivity index (χ0n) is 15.3. The number of pyridine rings is 1. The molecule has 2 aromatic heterocycles. The summed E-state index contributed by atoms with van der Waals surface area (Å²) in [5.41, 5.74) is 1.90. The summed E-state index contributed by atoms with van der Waals surface area (Å²) >= 11 is 0. The summed E-state index contributed by atoms with van der Waals surface area (Å²) in [5, 5.41) is 5.75. The monoisotopic (exact) mass is 401 g/mol. The van der Waals surface area contributed by atoms with Gasteiger partial charge in [-0.2, -0.15) is 18.2 Å². The zero-order valence-corrected chi connectivity index (χ0v) is 15.3. The van der Waals surface area contributed by atoms with Crippen molar-refractivity contribution in [2.75, 3.05) is 23.8 Å². The van der Waals surface area contributed by atoms with E-state index in [0.717, 1.165) is 23.0 Å². The van der Waals surface area contributed by atoms with Crippen LogP contribution in [0.15, 0.2) is 54.9 Å². The molecule has 150 valence electrons. The van der Waals surface area contributed by atoms with Gasteiger partial charge in [0.2, 0.25) is 5.95 Å². The maximum absolute atomic E-state index is 13.2. The standard InChI is InChI=1S/C20H18F3N5O/c21-20(22,23)16-10-26-19(28-18(16)27-15-11-29-12-15)25-9-13-4-6-14(7-5-13)17-3-1-2-8-24-17/h1-8,10,15H,9,11-12H2,(H2,25,26,27,28). The fourth-order valence-corrected chi connectivity index (χ4v) is 2.80. The number of nitrogens with zero attached hydrogens (tertiary/aromatic N) is 3. The molecule has 3 heterocycles. The van der Waals surface area contributed by atoms with Gasteiger partial charge in [0.25, 0.3) is 0 Å². The van der Waals surface area contributed by atoms with E-state index in [1.54, 1.807) is 6.20 Å². The van der Waals surface area contributed by atoms with Gasteiger partial charge in [0.05, 0.1) is 24.9 Å². The van der Waals surface area contributed by atoms with Crippen molar-refractivity contribution in [3.63, 3.8) is 0 Å². The summed E-state index contributed by atoms with van der Waals surface area (Å²) in [6.45, 7) is 1.08. The highest BCUT2D eigenvalue weighted by molar-refractivity contribution is 5.59. The van der Waals surface area contributed by atoms with E-state index in [4.69, 9.17) is 4.74 Å². The molecule has 0 amide bonds. The second-order valence-electron chi connectivity index (χ2n) is 6.60. The molecule has 0 radical (unpaired) electrons. The van der Waals surface area contributed by atoms with E-state index in [9.17, 15) is 13.2 Å². The molecule has 4 rings (SSSR count). The first-order valence-electron chi connectivity index (χ1n) is 9.02. The third-order valence-corrected chi connectivity index (χ3v) is 4.44. The van der Waals surface area contributed by atoms with Crippen LogP contribution in [0.4, 0.5) is 24.9 Å². The topological polar surface area (TPSA) is 72.0 Å². The number of rotatable bonds is 6. The molecule has 1 fully saturated rings. The molecule has 0 atom stereocenters. The lowest BCUT2D eigenvalue weighted by molar-refractivity contribution is -0.137. The summed E-state index contributed by atoms with van der Waals surface area (Å²) in [6.07, 6.45) is -2.01. The number of aromatic nitrogens is 3. The molecule has 9 heteroatoms. The summed E-state index contributed by atoms with van der Waals surface area (Å²) in [7, 11) is 0. The summed E-state index contributed by atoms with van der Waals surface area (Å²) in [5.74, 6) is -0.122. The van der Waals surface area contributed by atoms with Crippen LogP contribution in [0.1, 0.15) is 11.1 Å². The van der Waals surface area contributed by atoms with Gasteiger partial charge in [-0.3, -0.25) is 4.98 Å². The van der Waals surface area contributed by atoms with Crippen LogP contribution in [0.3, 0.4) is 0 Å². The van der Waals surface area contributed by atoms with E-state index in [0.29, 0.717) is 19.8 Å². The molecular formula is C20H18F3N5O. The molecule has 2 N–H and O–H groups in total. The minimum Gasteiger partial charge on any atom is -0.377 e. The number of nitrogens with one attached hydrogen (secondary N) is 2.